The summed E-state index contributed by atoms with van der Waals surface area (Å²) in [6.45, 7) is 6.91. The molecule has 3 rings (SSSR count). The summed E-state index contributed by atoms with van der Waals surface area (Å²) < 4.78 is 0. The lowest BCUT2D eigenvalue weighted by molar-refractivity contribution is -0.154. The van der Waals surface area contributed by atoms with Crippen molar-refractivity contribution < 1.29 is 5.11 Å². The van der Waals surface area contributed by atoms with Crippen molar-refractivity contribution in [3.8, 4) is 0 Å². The van der Waals surface area contributed by atoms with E-state index in [4.69, 9.17) is 0 Å². The van der Waals surface area contributed by atoms with Crippen LogP contribution in [0.4, 0.5) is 0 Å². The highest BCUT2D eigenvalue weighted by atomic mass is 16.3. The van der Waals surface area contributed by atoms with Crippen molar-refractivity contribution in [2.45, 2.75) is 39.7 Å². The second kappa shape index (κ2) is 2.01. The molecule has 1 nitrogen and oxygen atoms in total. The van der Waals surface area contributed by atoms with Gasteiger partial charge >= 0.3 is 0 Å². The maximum Gasteiger partial charge on any atom is 0.0571 e. The molecule has 3 saturated carbocycles. The lowest BCUT2D eigenvalue weighted by atomic mass is 9.45. The molecule has 3 fully saturated rings. The highest BCUT2D eigenvalue weighted by Crippen LogP contribution is 2.61. The summed E-state index contributed by atoms with van der Waals surface area (Å²) in [5.41, 5.74) is 0.526. The van der Waals surface area contributed by atoms with Crippen molar-refractivity contribution in [2.24, 2.45) is 23.2 Å². The Labute approximate surface area is 68.8 Å². The lowest BCUT2D eigenvalue weighted by Gasteiger charge is -2.61. The van der Waals surface area contributed by atoms with E-state index in [2.05, 4.69) is 20.8 Å². The van der Waals surface area contributed by atoms with Gasteiger partial charge in [0, 0.05) is 0 Å². The maximum atomic E-state index is 9.61. The molecule has 0 aliphatic heterocycles. The Morgan fingerprint density at radius 3 is 2.27 bits per heavy atom. The number of hydrogen-bond donors (Lipinski definition) is 1. The molecule has 0 heterocycles. The van der Waals surface area contributed by atoms with Crippen molar-refractivity contribution in [3.05, 3.63) is 0 Å². The van der Waals surface area contributed by atoms with Gasteiger partial charge in [0.1, 0.15) is 0 Å². The van der Waals surface area contributed by atoms with Gasteiger partial charge in [0.25, 0.3) is 0 Å². The summed E-state index contributed by atoms with van der Waals surface area (Å²) in [6, 6.07) is 0. The molecule has 1 N–H and O–H groups in total. The minimum absolute atomic E-state index is 0.00762. The predicted molar refractivity (Wildman–Crippen MR) is 45.2 cm³/mol. The number of aliphatic hydroxyl groups excluding tert-OH is 1. The number of fused-ring (bicyclic) bond motifs is 2. The zero-order chi connectivity index (χ0) is 8.22. The molecule has 3 aliphatic carbocycles. The molecular weight excluding hydrogens is 136 g/mol. The van der Waals surface area contributed by atoms with Crippen LogP contribution < -0.4 is 0 Å². The van der Waals surface area contributed by atoms with Gasteiger partial charge in [-0.05, 0) is 36.0 Å². The summed E-state index contributed by atoms with van der Waals surface area (Å²) in [4.78, 5) is 0. The van der Waals surface area contributed by atoms with Crippen LogP contribution in [0.15, 0.2) is 0 Å². The molecule has 64 valence electrons. The topological polar surface area (TPSA) is 20.2 Å². The van der Waals surface area contributed by atoms with Gasteiger partial charge in [-0.15, -0.1) is 0 Å². The van der Waals surface area contributed by atoms with E-state index in [1.54, 1.807) is 0 Å². The van der Waals surface area contributed by atoms with Crippen LogP contribution in [0.2, 0.25) is 0 Å². The van der Waals surface area contributed by atoms with E-state index in [0.29, 0.717) is 11.3 Å². The molecule has 3 aliphatic rings. The van der Waals surface area contributed by atoms with Crippen molar-refractivity contribution in [2.75, 3.05) is 0 Å². The SMILES string of the molecule is C[C@H]1[C@H](O)C[C@H]2C[C@H]1C2(C)C. The van der Waals surface area contributed by atoms with Crippen LogP contribution in [0, 0.1) is 23.2 Å². The van der Waals surface area contributed by atoms with E-state index >= 15 is 0 Å². The van der Waals surface area contributed by atoms with Crippen LogP contribution in [-0.2, 0) is 0 Å². The monoisotopic (exact) mass is 154 g/mol. The van der Waals surface area contributed by atoms with Crippen molar-refractivity contribution in [1.82, 2.24) is 0 Å². The van der Waals surface area contributed by atoms with E-state index in [0.717, 1.165) is 18.3 Å². The van der Waals surface area contributed by atoms with Crippen molar-refractivity contribution in [3.63, 3.8) is 0 Å². The van der Waals surface area contributed by atoms with Crippen LogP contribution in [0.5, 0.6) is 0 Å². The summed E-state index contributed by atoms with van der Waals surface area (Å²) in [6.07, 6.45) is 2.40. The molecule has 0 aromatic heterocycles. The second-order valence-electron chi connectivity index (χ2n) is 5.02. The molecule has 0 unspecified atom stereocenters. The van der Waals surface area contributed by atoms with Gasteiger partial charge in [-0.3, -0.25) is 0 Å². The zero-order valence-electron chi connectivity index (χ0n) is 7.67. The van der Waals surface area contributed by atoms with Crippen molar-refractivity contribution >= 4 is 0 Å². The van der Waals surface area contributed by atoms with Gasteiger partial charge < -0.3 is 5.11 Å². The fourth-order valence-electron chi connectivity index (χ4n) is 3.12. The molecule has 0 aromatic carbocycles. The van der Waals surface area contributed by atoms with Gasteiger partial charge in [-0.2, -0.15) is 0 Å². The van der Waals surface area contributed by atoms with Crippen LogP contribution in [0.25, 0.3) is 0 Å². The van der Waals surface area contributed by atoms with Gasteiger partial charge in [0.15, 0.2) is 0 Å². The van der Waals surface area contributed by atoms with Crippen LogP contribution in [-0.4, -0.2) is 11.2 Å². The summed E-state index contributed by atoms with van der Waals surface area (Å²) >= 11 is 0. The van der Waals surface area contributed by atoms with Gasteiger partial charge in [0.05, 0.1) is 6.10 Å². The molecule has 0 aromatic rings. The first-order valence-corrected chi connectivity index (χ1v) is 4.71. The molecule has 0 amide bonds. The van der Waals surface area contributed by atoms with E-state index < -0.39 is 0 Å². The quantitative estimate of drug-likeness (QED) is 0.566. The maximum absolute atomic E-state index is 9.61. The Morgan fingerprint density at radius 2 is 1.91 bits per heavy atom. The Balaban J connectivity index is 2.17. The molecular formula is C10H18O. The van der Waals surface area contributed by atoms with Gasteiger partial charge in [-0.1, -0.05) is 20.8 Å². The first-order valence-electron chi connectivity index (χ1n) is 4.71. The first kappa shape index (κ1) is 7.60. The molecule has 0 radical (unpaired) electrons. The average molecular weight is 154 g/mol. The van der Waals surface area contributed by atoms with E-state index in [9.17, 15) is 5.11 Å². The van der Waals surface area contributed by atoms with Crippen LogP contribution in [0.1, 0.15) is 33.6 Å². The molecule has 1 heteroatoms. The fourth-order valence-corrected chi connectivity index (χ4v) is 3.12. The summed E-state index contributed by atoms with van der Waals surface area (Å²) in [5.74, 6) is 2.13. The van der Waals surface area contributed by atoms with Gasteiger partial charge in [0.2, 0.25) is 0 Å². The average Bonchev–Trinajstić information content (AvgIpc) is 1.93. The third-order valence-corrected chi connectivity index (χ3v) is 4.31. The Bertz CT molecular complexity index is 174. The minimum atomic E-state index is -0.00762. The zero-order valence-corrected chi connectivity index (χ0v) is 7.67. The highest BCUT2D eigenvalue weighted by Gasteiger charge is 2.55. The Hall–Kier alpha value is -0.0400. The minimum Gasteiger partial charge on any atom is -0.393 e. The smallest absolute Gasteiger partial charge is 0.0571 e. The molecule has 0 saturated heterocycles. The number of aliphatic hydroxyl groups is 1. The number of hydrogen-bond acceptors (Lipinski definition) is 1. The third kappa shape index (κ3) is 0.807. The largest absolute Gasteiger partial charge is 0.393 e. The lowest BCUT2D eigenvalue weighted by Crippen LogP contribution is -2.56. The third-order valence-electron chi connectivity index (χ3n) is 4.31. The van der Waals surface area contributed by atoms with E-state index in [-0.39, 0.29) is 6.10 Å². The van der Waals surface area contributed by atoms with Gasteiger partial charge in [-0.25, -0.2) is 0 Å². The molecule has 11 heavy (non-hydrogen) atoms. The fraction of sp³-hybridized carbons (Fsp3) is 1.00. The normalized spacial score (nSPS) is 53.5. The number of rotatable bonds is 0. The Morgan fingerprint density at radius 1 is 1.27 bits per heavy atom. The second-order valence-corrected chi connectivity index (χ2v) is 5.02. The Kier molecular flexibility index (Phi) is 1.39. The van der Waals surface area contributed by atoms with Crippen molar-refractivity contribution in [1.29, 1.82) is 0 Å². The standard InChI is InChI=1S/C10H18O/c1-6-8-4-7(5-9(6)11)10(8,2)3/h6-9,11H,4-5H2,1-3H3/t6-,7-,8-,9-/m1/s1. The first-order chi connectivity index (χ1) is 5.03. The van der Waals surface area contributed by atoms with Crippen LogP contribution in [0.3, 0.4) is 0 Å². The predicted octanol–water partition coefficient (Wildman–Crippen LogP) is 2.05. The molecule has 2 bridgehead atoms. The summed E-state index contributed by atoms with van der Waals surface area (Å²) in [7, 11) is 0. The van der Waals surface area contributed by atoms with Crippen LogP contribution >= 0.6 is 0 Å². The molecule has 0 spiro atoms. The summed E-state index contributed by atoms with van der Waals surface area (Å²) in [5, 5.41) is 9.61. The van der Waals surface area contributed by atoms with E-state index in [1.807, 2.05) is 0 Å². The molecule has 4 atom stereocenters. The van der Waals surface area contributed by atoms with E-state index in [1.165, 1.54) is 6.42 Å². The highest BCUT2D eigenvalue weighted by molar-refractivity contribution is 5.04.